The van der Waals surface area contributed by atoms with Crippen molar-refractivity contribution in [3.63, 3.8) is 0 Å². The number of hydrogen-bond acceptors (Lipinski definition) is 4. The molecule has 1 aromatic heterocycles. The van der Waals surface area contributed by atoms with Crippen LogP contribution in [0.4, 0.5) is 0 Å². The molecule has 0 bridgehead atoms. The van der Waals surface area contributed by atoms with Gasteiger partial charge >= 0.3 is 0 Å². The minimum Gasteiger partial charge on any atom is -0.486 e. The van der Waals surface area contributed by atoms with Crippen molar-refractivity contribution in [2.75, 3.05) is 19.8 Å². The standard InChI is InChI=1S/C14H15N3O3/c18-14(11-8-16-17-9-11)15-4-3-10-1-2-12-13(7-10)20-6-5-19-12/h1-2,7-9H,3-6H2,(H,15,18)(H,16,17). The Hall–Kier alpha value is -2.50. The molecule has 0 saturated carbocycles. The highest BCUT2D eigenvalue weighted by molar-refractivity contribution is 5.93. The summed E-state index contributed by atoms with van der Waals surface area (Å²) in [6, 6.07) is 5.84. The van der Waals surface area contributed by atoms with Gasteiger partial charge in [0.1, 0.15) is 13.2 Å². The molecule has 0 atom stereocenters. The summed E-state index contributed by atoms with van der Waals surface area (Å²) in [6.45, 7) is 1.73. The summed E-state index contributed by atoms with van der Waals surface area (Å²) in [4.78, 5) is 11.7. The number of ether oxygens (including phenoxy) is 2. The van der Waals surface area contributed by atoms with Gasteiger partial charge in [0, 0.05) is 12.7 Å². The van der Waals surface area contributed by atoms with E-state index in [-0.39, 0.29) is 5.91 Å². The summed E-state index contributed by atoms with van der Waals surface area (Å²) in [7, 11) is 0. The third-order valence-corrected chi connectivity index (χ3v) is 3.07. The fourth-order valence-corrected chi connectivity index (χ4v) is 2.04. The van der Waals surface area contributed by atoms with Crippen LogP contribution in [0.15, 0.2) is 30.6 Å². The number of fused-ring (bicyclic) bond motifs is 1. The minimum absolute atomic E-state index is 0.128. The monoisotopic (exact) mass is 273 g/mol. The molecule has 6 nitrogen and oxygen atoms in total. The normalized spacial score (nSPS) is 13.0. The van der Waals surface area contributed by atoms with Gasteiger partial charge in [-0.1, -0.05) is 6.07 Å². The number of H-pyrrole nitrogens is 1. The molecule has 0 spiro atoms. The lowest BCUT2D eigenvalue weighted by Crippen LogP contribution is -2.25. The molecule has 2 aromatic rings. The van der Waals surface area contributed by atoms with E-state index in [1.54, 1.807) is 6.20 Å². The molecular formula is C14H15N3O3. The molecule has 0 unspecified atom stereocenters. The van der Waals surface area contributed by atoms with Gasteiger partial charge in [0.05, 0.1) is 11.8 Å². The third kappa shape index (κ3) is 2.74. The number of hydrogen-bond donors (Lipinski definition) is 2. The molecule has 0 aliphatic carbocycles. The molecule has 6 heteroatoms. The van der Waals surface area contributed by atoms with Gasteiger partial charge in [-0.2, -0.15) is 5.10 Å². The second-order valence-electron chi connectivity index (χ2n) is 4.47. The highest BCUT2D eigenvalue weighted by atomic mass is 16.6. The predicted octanol–water partition coefficient (Wildman–Crippen LogP) is 1.15. The van der Waals surface area contributed by atoms with Crippen LogP contribution in [0.3, 0.4) is 0 Å². The summed E-state index contributed by atoms with van der Waals surface area (Å²) < 4.78 is 11.0. The van der Waals surface area contributed by atoms with Crippen LogP contribution in [0, 0.1) is 0 Å². The van der Waals surface area contributed by atoms with Crippen LogP contribution in [-0.2, 0) is 6.42 Å². The maximum Gasteiger partial charge on any atom is 0.254 e. The summed E-state index contributed by atoms with van der Waals surface area (Å²) in [6.07, 6.45) is 3.80. The largest absolute Gasteiger partial charge is 0.486 e. The Bertz CT molecular complexity index is 596. The lowest BCUT2D eigenvalue weighted by molar-refractivity contribution is 0.0954. The topological polar surface area (TPSA) is 76.2 Å². The zero-order valence-corrected chi connectivity index (χ0v) is 10.9. The predicted molar refractivity (Wildman–Crippen MR) is 72.1 cm³/mol. The highest BCUT2D eigenvalue weighted by Crippen LogP contribution is 2.30. The molecule has 1 aliphatic heterocycles. The number of carbonyl (C=O) groups excluding carboxylic acids is 1. The van der Waals surface area contributed by atoms with Crippen LogP contribution >= 0.6 is 0 Å². The van der Waals surface area contributed by atoms with Gasteiger partial charge < -0.3 is 14.8 Å². The molecule has 3 rings (SSSR count). The van der Waals surface area contributed by atoms with Crippen molar-refractivity contribution in [1.29, 1.82) is 0 Å². The first-order valence-corrected chi connectivity index (χ1v) is 6.48. The van der Waals surface area contributed by atoms with Gasteiger partial charge in [0.15, 0.2) is 11.5 Å². The zero-order valence-electron chi connectivity index (χ0n) is 10.9. The maximum atomic E-state index is 11.7. The molecule has 20 heavy (non-hydrogen) atoms. The number of benzene rings is 1. The molecule has 1 aromatic carbocycles. The lowest BCUT2D eigenvalue weighted by Gasteiger charge is -2.18. The molecule has 104 valence electrons. The fourth-order valence-electron chi connectivity index (χ4n) is 2.04. The summed E-state index contributed by atoms with van der Waals surface area (Å²) in [5.74, 6) is 1.42. The first kappa shape index (κ1) is 12.5. The van der Waals surface area contributed by atoms with E-state index in [0.717, 1.165) is 23.5 Å². The molecule has 0 radical (unpaired) electrons. The Morgan fingerprint density at radius 2 is 2.15 bits per heavy atom. The minimum atomic E-state index is -0.128. The summed E-state index contributed by atoms with van der Waals surface area (Å²) in [5.41, 5.74) is 1.63. The van der Waals surface area contributed by atoms with Crippen LogP contribution in [0.5, 0.6) is 11.5 Å². The molecule has 0 fully saturated rings. The Morgan fingerprint density at radius 1 is 1.30 bits per heavy atom. The molecule has 1 amide bonds. The van der Waals surface area contributed by atoms with Crippen molar-refractivity contribution in [1.82, 2.24) is 15.5 Å². The zero-order chi connectivity index (χ0) is 13.8. The molecule has 1 aliphatic rings. The van der Waals surface area contributed by atoms with Crippen molar-refractivity contribution in [2.24, 2.45) is 0 Å². The van der Waals surface area contributed by atoms with Crippen molar-refractivity contribution in [3.05, 3.63) is 41.7 Å². The van der Waals surface area contributed by atoms with E-state index in [9.17, 15) is 4.79 Å². The number of amides is 1. The Balaban J connectivity index is 1.55. The molecular weight excluding hydrogens is 258 g/mol. The molecule has 2 N–H and O–H groups in total. The lowest BCUT2D eigenvalue weighted by atomic mass is 10.1. The van der Waals surface area contributed by atoms with Crippen LogP contribution < -0.4 is 14.8 Å². The van der Waals surface area contributed by atoms with Crippen molar-refractivity contribution < 1.29 is 14.3 Å². The second kappa shape index (κ2) is 5.64. The van der Waals surface area contributed by atoms with Gasteiger partial charge in [-0.15, -0.1) is 0 Å². The van der Waals surface area contributed by atoms with E-state index in [2.05, 4.69) is 15.5 Å². The average molecular weight is 273 g/mol. The SMILES string of the molecule is O=C(NCCc1ccc2c(c1)OCCO2)c1cn[nH]c1. The number of rotatable bonds is 4. The molecule has 2 heterocycles. The third-order valence-electron chi connectivity index (χ3n) is 3.07. The van der Waals surface area contributed by atoms with E-state index in [1.807, 2.05) is 18.2 Å². The number of nitrogens with zero attached hydrogens (tertiary/aromatic N) is 1. The number of aromatic nitrogens is 2. The van der Waals surface area contributed by atoms with E-state index < -0.39 is 0 Å². The Morgan fingerprint density at radius 3 is 2.95 bits per heavy atom. The Kier molecular flexibility index (Phi) is 3.54. The quantitative estimate of drug-likeness (QED) is 0.876. The van der Waals surface area contributed by atoms with Gasteiger partial charge in [-0.05, 0) is 24.1 Å². The van der Waals surface area contributed by atoms with Crippen LogP contribution in [0.25, 0.3) is 0 Å². The smallest absolute Gasteiger partial charge is 0.254 e. The average Bonchev–Trinajstić information content (AvgIpc) is 3.01. The van der Waals surface area contributed by atoms with Gasteiger partial charge in [-0.25, -0.2) is 0 Å². The number of aromatic amines is 1. The van der Waals surface area contributed by atoms with E-state index >= 15 is 0 Å². The van der Waals surface area contributed by atoms with E-state index in [1.165, 1.54) is 6.20 Å². The fraction of sp³-hybridized carbons (Fsp3) is 0.286. The number of nitrogens with one attached hydrogen (secondary N) is 2. The Labute approximate surface area is 116 Å². The summed E-state index contributed by atoms with van der Waals surface area (Å²) >= 11 is 0. The van der Waals surface area contributed by atoms with E-state index in [0.29, 0.717) is 25.3 Å². The van der Waals surface area contributed by atoms with Crippen molar-refractivity contribution in [3.8, 4) is 11.5 Å². The maximum absolute atomic E-state index is 11.7. The number of carbonyl (C=O) groups is 1. The van der Waals surface area contributed by atoms with E-state index in [4.69, 9.17) is 9.47 Å². The van der Waals surface area contributed by atoms with Crippen LogP contribution in [-0.4, -0.2) is 35.9 Å². The van der Waals surface area contributed by atoms with Gasteiger partial charge in [0.2, 0.25) is 0 Å². The first-order valence-electron chi connectivity index (χ1n) is 6.48. The van der Waals surface area contributed by atoms with Crippen LogP contribution in [0.1, 0.15) is 15.9 Å². The summed E-state index contributed by atoms with van der Waals surface area (Å²) in [5, 5.41) is 9.20. The second-order valence-corrected chi connectivity index (χ2v) is 4.47. The molecule has 0 saturated heterocycles. The van der Waals surface area contributed by atoms with Gasteiger partial charge in [-0.3, -0.25) is 9.89 Å². The van der Waals surface area contributed by atoms with Crippen molar-refractivity contribution >= 4 is 5.91 Å². The van der Waals surface area contributed by atoms with Gasteiger partial charge in [0.25, 0.3) is 5.91 Å². The van der Waals surface area contributed by atoms with Crippen molar-refractivity contribution in [2.45, 2.75) is 6.42 Å². The first-order chi connectivity index (χ1) is 9.83. The highest BCUT2D eigenvalue weighted by Gasteiger charge is 2.12. The van der Waals surface area contributed by atoms with Crippen LogP contribution in [0.2, 0.25) is 0 Å².